The molecule has 0 bridgehead atoms. The van der Waals surface area contributed by atoms with Gasteiger partial charge in [-0.2, -0.15) is 0 Å². The second-order valence-corrected chi connectivity index (χ2v) is 10.2. The molecule has 2 heterocycles. The first-order valence-corrected chi connectivity index (χ1v) is 12.6. The Bertz CT molecular complexity index is 1150. The van der Waals surface area contributed by atoms with Gasteiger partial charge in [-0.15, -0.1) is 0 Å². The SMILES string of the molecule is CN1/C(=C\C(=O)CN2CCN(C(c3ccccc3)c3ccccc3)CC2)C(C)(C)c2ccccc21. The number of hydrogen-bond donors (Lipinski definition) is 0. The third kappa shape index (κ3) is 4.69. The Labute approximate surface area is 209 Å². The second-order valence-electron chi connectivity index (χ2n) is 10.2. The molecule has 0 spiro atoms. The van der Waals surface area contributed by atoms with Crippen LogP contribution < -0.4 is 4.90 Å². The van der Waals surface area contributed by atoms with Gasteiger partial charge in [0, 0.05) is 56.1 Å². The molecule has 0 amide bonds. The fourth-order valence-electron chi connectivity index (χ4n) is 5.74. The second kappa shape index (κ2) is 9.80. The highest BCUT2D eigenvalue weighted by Gasteiger charge is 2.38. The van der Waals surface area contributed by atoms with Crippen molar-refractivity contribution in [3.8, 4) is 0 Å². The van der Waals surface area contributed by atoms with Gasteiger partial charge < -0.3 is 4.90 Å². The van der Waals surface area contributed by atoms with E-state index >= 15 is 0 Å². The molecule has 0 atom stereocenters. The van der Waals surface area contributed by atoms with Crippen molar-refractivity contribution in [1.82, 2.24) is 9.80 Å². The summed E-state index contributed by atoms with van der Waals surface area (Å²) in [5.41, 5.74) is 6.02. The lowest BCUT2D eigenvalue weighted by molar-refractivity contribution is -0.116. The van der Waals surface area contributed by atoms with Crippen molar-refractivity contribution < 1.29 is 4.79 Å². The zero-order valence-electron chi connectivity index (χ0n) is 21.0. The summed E-state index contributed by atoms with van der Waals surface area (Å²) in [6, 6.07) is 30.2. The van der Waals surface area contributed by atoms with Crippen molar-refractivity contribution in [2.24, 2.45) is 0 Å². The van der Waals surface area contributed by atoms with E-state index in [4.69, 9.17) is 0 Å². The van der Waals surface area contributed by atoms with Crippen molar-refractivity contribution in [3.05, 3.63) is 113 Å². The van der Waals surface area contributed by atoms with E-state index in [0.717, 1.165) is 31.9 Å². The fraction of sp³-hybridized carbons (Fsp3) is 0.323. The summed E-state index contributed by atoms with van der Waals surface area (Å²) in [6.45, 7) is 8.55. The summed E-state index contributed by atoms with van der Waals surface area (Å²) < 4.78 is 0. The zero-order valence-corrected chi connectivity index (χ0v) is 21.0. The molecule has 35 heavy (non-hydrogen) atoms. The summed E-state index contributed by atoms with van der Waals surface area (Å²) >= 11 is 0. The Balaban J connectivity index is 1.26. The quantitative estimate of drug-likeness (QED) is 0.463. The van der Waals surface area contributed by atoms with Crippen molar-refractivity contribution in [2.45, 2.75) is 25.3 Å². The number of benzene rings is 3. The lowest BCUT2D eigenvalue weighted by Crippen LogP contribution is -2.49. The lowest BCUT2D eigenvalue weighted by Gasteiger charge is -2.39. The number of allylic oxidation sites excluding steroid dienone is 1. The number of nitrogens with zero attached hydrogens (tertiary/aromatic N) is 3. The molecule has 0 N–H and O–H groups in total. The van der Waals surface area contributed by atoms with E-state index in [1.54, 1.807) is 0 Å². The highest BCUT2D eigenvalue weighted by molar-refractivity contribution is 5.94. The molecular weight excluding hydrogens is 430 g/mol. The smallest absolute Gasteiger partial charge is 0.171 e. The van der Waals surface area contributed by atoms with Crippen LogP contribution in [0.15, 0.2) is 96.7 Å². The molecule has 4 heteroatoms. The van der Waals surface area contributed by atoms with Crippen LogP contribution >= 0.6 is 0 Å². The number of carbonyl (C=O) groups is 1. The van der Waals surface area contributed by atoms with E-state index in [0.29, 0.717) is 6.54 Å². The van der Waals surface area contributed by atoms with Crippen LogP contribution in [-0.2, 0) is 10.2 Å². The summed E-state index contributed by atoms with van der Waals surface area (Å²) in [6.07, 6.45) is 1.88. The van der Waals surface area contributed by atoms with E-state index in [9.17, 15) is 4.79 Å². The van der Waals surface area contributed by atoms with Crippen LogP contribution in [0.25, 0.3) is 0 Å². The molecule has 0 radical (unpaired) electrons. The van der Waals surface area contributed by atoms with E-state index in [2.05, 4.69) is 121 Å². The van der Waals surface area contributed by atoms with Crippen molar-refractivity contribution in [2.75, 3.05) is 44.7 Å². The minimum absolute atomic E-state index is 0.168. The molecular formula is C31H35N3O. The molecule has 0 aromatic heterocycles. The van der Waals surface area contributed by atoms with Crippen molar-refractivity contribution in [1.29, 1.82) is 0 Å². The monoisotopic (exact) mass is 465 g/mol. The molecule has 2 aliphatic heterocycles. The normalized spacial score (nSPS) is 19.3. The van der Waals surface area contributed by atoms with E-state index < -0.39 is 0 Å². The standard InChI is InChI=1S/C31H35N3O/c1-31(2)27-16-10-11-17-28(27)32(3)29(31)22-26(35)23-33-18-20-34(21-19-33)30(24-12-6-4-7-13-24)25-14-8-5-9-15-25/h4-17,22,30H,18-21,23H2,1-3H3/b29-22-. The zero-order chi connectivity index (χ0) is 24.4. The molecule has 0 saturated carbocycles. The van der Waals surface area contributed by atoms with E-state index in [-0.39, 0.29) is 17.2 Å². The lowest BCUT2D eigenvalue weighted by atomic mass is 9.83. The van der Waals surface area contributed by atoms with E-state index in [1.165, 1.54) is 22.4 Å². The summed E-state index contributed by atoms with van der Waals surface area (Å²) in [4.78, 5) is 20.2. The summed E-state index contributed by atoms with van der Waals surface area (Å²) in [5, 5.41) is 0. The number of piperazine rings is 1. The van der Waals surface area contributed by atoms with Crippen LogP contribution in [-0.4, -0.2) is 55.4 Å². The number of hydrogen-bond acceptors (Lipinski definition) is 4. The molecule has 180 valence electrons. The number of anilines is 1. The fourth-order valence-corrected chi connectivity index (χ4v) is 5.74. The van der Waals surface area contributed by atoms with Crippen LogP contribution in [0.5, 0.6) is 0 Å². The summed E-state index contributed by atoms with van der Waals surface area (Å²) in [7, 11) is 2.07. The Morgan fingerprint density at radius 2 is 1.37 bits per heavy atom. The largest absolute Gasteiger partial charge is 0.347 e. The third-order valence-corrected chi connectivity index (χ3v) is 7.62. The minimum atomic E-state index is -0.168. The molecule has 0 aliphatic carbocycles. The third-order valence-electron chi connectivity index (χ3n) is 7.62. The van der Waals surface area contributed by atoms with Gasteiger partial charge in [-0.05, 0) is 22.8 Å². The highest BCUT2D eigenvalue weighted by atomic mass is 16.1. The van der Waals surface area contributed by atoms with Gasteiger partial charge in [0.05, 0.1) is 12.6 Å². The number of para-hydroxylation sites is 1. The van der Waals surface area contributed by atoms with Crippen molar-refractivity contribution >= 4 is 11.5 Å². The van der Waals surface area contributed by atoms with E-state index in [1.807, 2.05) is 6.08 Å². The first-order valence-electron chi connectivity index (χ1n) is 12.6. The van der Waals surface area contributed by atoms with Gasteiger partial charge in [0.15, 0.2) is 5.78 Å². The van der Waals surface area contributed by atoms with Crippen LogP contribution in [0.3, 0.4) is 0 Å². The van der Waals surface area contributed by atoms with Crippen LogP contribution in [0.1, 0.15) is 36.6 Å². The van der Waals surface area contributed by atoms with Gasteiger partial charge in [0.25, 0.3) is 0 Å². The maximum absolute atomic E-state index is 13.2. The highest BCUT2D eigenvalue weighted by Crippen LogP contribution is 2.46. The minimum Gasteiger partial charge on any atom is -0.347 e. The number of ketones is 1. The Kier molecular flexibility index (Phi) is 6.59. The first-order chi connectivity index (χ1) is 16.9. The molecule has 5 rings (SSSR count). The predicted molar refractivity (Wildman–Crippen MR) is 144 cm³/mol. The van der Waals surface area contributed by atoms with Crippen LogP contribution in [0.4, 0.5) is 5.69 Å². The van der Waals surface area contributed by atoms with Gasteiger partial charge in [0.2, 0.25) is 0 Å². The molecule has 3 aromatic carbocycles. The van der Waals surface area contributed by atoms with Crippen LogP contribution in [0.2, 0.25) is 0 Å². The van der Waals surface area contributed by atoms with Gasteiger partial charge >= 0.3 is 0 Å². The number of likely N-dealkylation sites (N-methyl/N-ethyl adjacent to an activating group) is 1. The molecule has 3 aromatic rings. The Morgan fingerprint density at radius 3 is 1.94 bits per heavy atom. The van der Waals surface area contributed by atoms with Gasteiger partial charge in [0.1, 0.15) is 0 Å². The first kappa shape index (κ1) is 23.5. The van der Waals surface area contributed by atoms with Crippen LogP contribution in [0, 0.1) is 0 Å². The van der Waals surface area contributed by atoms with Gasteiger partial charge in [-0.25, -0.2) is 0 Å². The maximum atomic E-state index is 13.2. The van der Waals surface area contributed by atoms with Gasteiger partial charge in [-0.1, -0.05) is 92.7 Å². The molecule has 2 aliphatic rings. The number of rotatable bonds is 6. The molecule has 0 unspecified atom stereocenters. The Hall–Kier alpha value is -3.21. The molecule has 4 nitrogen and oxygen atoms in total. The average molecular weight is 466 g/mol. The average Bonchev–Trinajstić information content (AvgIpc) is 3.07. The van der Waals surface area contributed by atoms with Crippen molar-refractivity contribution in [3.63, 3.8) is 0 Å². The maximum Gasteiger partial charge on any atom is 0.171 e. The van der Waals surface area contributed by atoms with Gasteiger partial charge in [-0.3, -0.25) is 14.6 Å². The Morgan fingerprint density at radius 1 is 0.829 bits per heavy atom. The molecule has 1 saturated heterocycles. The summed E-state index contributed by atoms with van der Waals surface area (Å²) in [5.74, 6) is 0.184. The number of fused-ring (bicyclic) bond motifs is 1. The predicted octanol–water partition coefficient (Wildman–Crippen LogP) is 5.27. The number of carbonyl (C=O) groups excluding carboxylic acids is 1. The molecule has 1 fully saturated rings. The topological polar surface area (TPSA) is 26.8 Å².